The van der Waals surface area contributed by atoms with E-state index >= 15 is 0 Å². The molecule has 2 nitrogen and oxygen atoms in total. The van der Waals surface area contributed by atoms with Crippen molar-refractivity contribution >= 4 is 0 Å². The average Bonchev–Trinajstić information content (AvgIpc) is 2.69. The average molecular weight is 178 g/mol. The molecule has 2 atom stereocenters. The summed E-state index contributed by atoms with van der Waals surface area (Å²) in [6.07, 6.45) is 5.50. The van der Waals surface area contributed by atoms with Crippen molar-refractivity contribution in [3.63, 3.8) is 0 Å². The van der Waals surface area contributed by atoms with E-state index < -0.39 is 0 Å². The van der Waals surface area contributed by atoms with Crippen LogP contribution in [0.2, 0.25) is 0 Å². The van der Waals surface area contributed by atoms with Gasteiger partial charge in [0, 0.05) is 13.2 Å². The summed E-state index contributed by atoms with van der Waals surface area (Å²) in [7, 11) is 1.98. The second kappa shape index (κ2) is 2.60. The first-order valence-corrected chi connectivity index (χ1v) is 4.97. The normalized spacial score (nSPS) is 27.7. The number of nitrogens with zero attached hydrogens (tertiary/aromatic N) is 2. The van der Waals surface area contributed by atoms with Gasteiger partial charge in [-0.15, -0.1) is 0 Å². The highest BCUT2D eigenvalue weighted by Crippen LogP contribution is 2.56. The third kappa shape index (κ3) is 1.62. The minimum Gasteiger partial charge on any atom is -0.276 e. The minimum atomic E-state index is 0.459. The van der Waals surface area contributed by atoms with Crippen LogP contribution in [0.15, 0.2) is 12.4 Å². The van der Waals surface area contributed by atoms with Crippen molar-refractivity contribution in [3.8, 4) is 0 Å². The van der Waals surface area contributed by atoms with Gasteiger partial charge in [-0.2, -0.15) is 5.10 Å². The van der Waals surface area contributed by atoms with Crippen LogP contribution in [-0.2, 0) is 7.05 Å². The lowest BCUT2D eigenvalue weighted by Crippen LogP contribution is -2.08. The van der Waals surface area contributed by atoms with Crippen molar-refractivity contribution in [2.45, 2.75) is 33.1 Å². The molecule has 2 heteroatoms. The molecule has 13 heavy (non-hydrogen) atoms. The summed E-state index contributed by atoms with van der Waals surface area (Å²) in [4.78, 5) is 0. The molecule has 2 unspecified atom stereocenters. The molecular formula is C11H18N2. The number of aryl methyl sites for hydroxylation is 1. The SMILES string of the molecule is Cn1cc(C2CC2C(C)(C)C)cn1. The molecule has 72 valence electrons. The largest absolute Gasteiger partial charge is 0.276 e. The molecule has 1 fully saturated rings. The van der Waals surface area contributed by atoms with Crippen LogP contribution in [0, 0.1) is 11.3 Å². The zero-order valence-corrected chi connectivity index (χ0v) is 8.91. The molecule has 0 aliphatic heterocycles. The maximum Gasteiger partial charge on any atom is 0.0524 e. The van der Waals surface area contributed by atoms with Gasteiger partial charge >= 0.3 is 0 Å². The molecule has 0 spiro atoms. The van der Waals surface area contributed by atoms with E-state index in [-0.39, 0.29) is 0 Å². The topological polar surface area (TPSA) is 17.8 Å². The maximum absolute atomic E-state index is 4.21. The van der Waals surface area contributed by atoms with Crippen LogP contribution >= 0.6 is 0 Å². The summed E-state index contributed by atoms with van der Waals surface area (Å²) in [5.41, 5.74) is 1.88. The zero-order chi connectivity index (χ0) is 9.64. The Labute approximate surface area is 80.0 Å². The second-order valence-electron chi connectivity index (χ2n) is 5.26. The summed E-state index contributed by atoms with van der Waals surface area (Å²) >= 11 is 0. The Bertz CT molecular complexity index is 306. The number of hydrogen-bond donors (Lipinski definition) is 0. The van der Waals surface area contributed by atoms with Gasteiger partial charge < -0.3 is 0 Å². The summed E-state index contributed by atoms with van der Waals surface area (Å²) in [6, 6.07) is 0. The minimum absolute atomic E-state index is 0.459. The van der Waals surface area contributed by atoms with Crippen molar-refractivity contribution in [2.75, 3.05) is 0 Å². The van der Waals surface area contributed by atoms with Crippen LogP contribution in [0.4, 0.5) is 0 Å². The summed E-state index contributed by atoms with van der Waals surface area (Å²) in [5, 5.41) is 4.21. The van der Waals surface area contributed by atoms with Gasteiger partial charge in [-0.05, 0) is 29.2 Å². The first kappa shape index (κ1) is 8.79. The highest BCUT2D eigenvalue weighted by Gasteiger charge is 2.46. The van der Waals surface area contributed by atoms with Crippen molar-refractivity contribution in [2.24, 2.45) is 18.4 Å². The lowest BCUT2D eigenvalue weighted by molar-refractivity contribution is 0.343. The van der Waals surface area contributed by atoms with E-state index in [2.05, 4.69) is 32.1 Å². The quantitative estimate of drug-likeness (QED) is 0.646. The summed E-state index contributed by atoms with van der Waals surface area (Å²) in [5.74, 6) is 1.63. The Kier molecular flexibility index (Phi) is 1.76. The summed E-state index contributed by atoms with van der Waals surface area (Å²) in [6.45, 7) is 6.98. The molecule has 1 aromatic heterocycles. The third-order valence-corrected chi connectivity index (χ3v) is 3.06. The second-order valence-corrected chi connectivity index (χ2v) is 5.26. The Hall–Kier alpha value is -0.790. The maximum atomic E-state index is 4.21. The van der Waals surface area contributed by atoms with Crippen LogP contribution in [0.1, 0.15) is 38.7 Å². The van der Waals surface area contributed by atoms with E-state index in [1.54, 1.807) is 0 Å². The van der Waals surface area contributed by atoms with E-state index in [9.17, 15) is 0 Å². The van der Waals surface area contributed by atoms with Gasteiger partial charge in [0.15, 0.2) is 0 Å². The van der Waals surface area contributed by atoms with Crippen molar-refractivity contribution in [1.29, 1.82) is 0 Å². The Balaban J connectivity index is 2.08. The van der Waals surface area contributed by atoms with E-state index in [4.69, 9.17) is 0 Å². The molecule has 1 saturated carbocycles. The molecule has 1 aromatic rings. The molecule has 0 saturated heterocycles. The summed E-state index contributed by atoms with van der Waals surface area (Å²) < 4.78 is 1.90. The van der Waals surface area contributed by atoms with Gasteiger partial charge in [0.25, 0.3) is 0 Å². The molecule has 0 amide bonds. The first-order valence-electron chi connectivity index (χ1n) is 4.97. The van der Waals surface area contributed by atoms with Crippen LogP contribution < -0.4 is 0 Å². The molecule has 0 bridgehead atoms. The molecule has 1 aliphatic carbocycles. The monoisotopic (exact) mass is 178 g/mol. The predicted octanol–water partition coefficient (Wildman–Crippen LogP) is 2.57. The fraction of sp³-hybridized carbons (Fsp3) is 0.727. The van der Waals surface area contributed by atoms with Gasteiger partial charge in [0.2, 0.25) is 0 Å². The fourth-order valence-corrected chi connectivity index (χ4v) is 2.15. The van der Waals surface area contributed by atoms with Crippen LogP contribution in [0.3, 0.4) is 0 Å². The number of hydrogen-bond acceptors (Lipinski definition) is 1. The third-order valence-electron chi connectivity index (χ3n) is 3.06. The Morgan fingerprint density at radius 1 is 1.46 bits per heavy atom. The molecule has 0 aromatic carbocycles. The van der Waals surface area contributed by atoms with Crippen LogP contribution in [0.5, 0.6) is 0 Å². The highest BCUT2D eigenvalue weighted by molar-refractivity contribution is 5.21. The fourth-order valence-electron chi connectivity index (χ4n) is 2.15. The zero-order valence-electron chi connectivity index (χ0n) is 8.91. The highest BCUT2D eigenvalue weighted by atomic mass is 15.2. The van der Waals surface area contributed by atoms with Gasteiger partial charge in [-0.25, -0.2) is 0 Å². The van der Waals surface area contributed by atoms with Crippen molar-refractivity contribution in [1.82, 2.24) is 9.78 Å². The molecule has 0 N–H and O–H groups in total. The van der Waals surface area contributed by atoms with Gasteiger partial charge in [-0.3, -0.25) is 4.68 Å². The number of rotatable bonds is 1. The standard InChI is InChI=1S/C11H18N2/c1-11(2,3)10-5-9(10)8-6-12-13(4)7-8/h6-7,9-10H,5H2,1-4H3. The Morgan fingerprint density at radius 3 is 2.54 bits per heavy atom. The molecule has 1 heterocycles. The molecule has 1 aliphatic rings. The van der Waals surface area contributed by atoms with E-state index in [1.165, 1.54) is 12.0 Å². The van der Waals surface area contributed by atoms with Crippen molar-refractivity contribution < 1.29 is 0 Å². The van der Waals surface area contributed by atoms with Crippen molar-refractivity contribution in [3.05, 3.63) is 18.0 Å². The predicted molar refractivity (Wildman–Crippen MR) is 53.5 cm³/mol. The van der Waals surface area contributed by atoms with E-state index in [0.717, 1.165) is 11.8 Å². The molecule has 0 radical (unpaired) electrons. The van der Waals surface area contributed by atoms with Gasteiger partial charge in [-0.1, -0.05) is 20.8 Å². The first-order chi connectivity index (χ1) is 5.98. The molecule has 2 rings (SSSR count). The smallest absolute Gasteiger partial charge is 0.0524 e. The van der Waals surface area contributed by atoms with Gasteiger partial charge in [0.1, 0.15) is 0 Å². The number of aromatic nitrogens is 2. The van der Waals surface area contributed by atoms with E-state index in [0.29, 0.717) is 5.41 Å². The van der Waals surface area contributed by atoms with Gasteiger partial charge in [0.05, 0.1) is 6.20 Å². The Morgan fingerprint density at radius 2 is 2.15 bits per heavy atom. The molecular weight excluding hydrogens is 160 g/mol. The van der Waals surface area contributed by atoms with Crippen LogP contribution in [-0.4, -0.2) is 9.78 Å². The van der Waals surface area contributed by atoms with E-state index in [1.807, 2.05) is 17.9 Å². The lowest BCUT2D eigenvalue weighted by atomic mass is 9.88. The van der Waals surface area contributed by atoms with Crippen LogP contribution in [0.25, 0.3) is 0 Å². The lowest BCUT2D eigenvalue weighted by Gasteiger charge is -2.17.